The van der Waals surface area contributed by atoms with Gasteiger partial charge < -0.3 is 20.1 Å². The number of nitrogens with two attached hydrogens (primary N) is 1. The molecule has 0 unspecified atom stereocenters. The lowest BCUT2D eigenvalue weighted by atomic mass is 10.0. The number of amides is 1. The molecule has 0 saturated carbocycles. The molecule has 2 N–H and O–H groups in total. The number of rotatable bonds is 1. The van der Waals surface area contributed by atoms with Crippen LogP contribution >= 0.6 is 0 Å². The summed E-state index contributed by atoms with van der Waals surface area (Å²) in [6.07, 6.45) is 5.05. The predicted molar refractivity (Wildman–Crippen MR) is 63.6 cm³/mol. The average Bonchev–Trinajstić information content (AvgIpc) is 2.39. The van der Waals surface area contributed by atoms with E-state index in [9.17, 15) is 9.59 Å². The Morgan fingerprint density at radius 3 is 2.89 bits per heavy atom. The van der Waals surface area contributed by atoms with Gasteiger partial charge in [0.1, 0.15) is 0 Å². The quantitative estimate of drug-likeness (QED) is 0.500. The lowest BCUT2D eigenvalue weighted by molar-refractivity contribution is -0.166. The van der Waals surface area contributed by atoms with E-state index < -0.39 is 18.1 Å². The van der Waals surface area contributed by atoms with Gasteiger partial charge in [-0.2, -0.15) is 0 Å². The van der Waals surface area contributed by atoms with Crippen LogP contribution in [0.1, 0.15) is 12.8 Å². The number of nitrogens with zero attached hydrogens (tertiary/aromatic N) is 1. The van der Waals surface area contributed by atoms with Crippen LogP contribution in [0.15, 0.2) is 12.2 Å². The monoisotopic (exact) mass is 254 g/mol. The van der Waals surface area contributed by atoms with Crippen molar-refractivity contribution < 1.29 is 19.1 Å². The minimum Gasteiger partial charge on any atom is -0.467 e. The number of fused-ring (bicyclic) bond motifs is 1. The van der Waals surface area contributed by atoms with Gasteiger partial charge in [-0.25, -0.2) is 4.79 Å². The Balaban J connectivity index is 2.27. The van der Waals surface area contributed by atoms with Crippen LogP contribution < -0.4 is 5.73 Å². The molecule has 1 amide bonds. The fourth-order valence-corrected chi connectivity index (χ4v) is 2.35. The van der Waals surface area contributed by atoms with Gasteiger partial charge in [0.25, 0.3) is 0 Å². The van der Waals surface area contributed by atoms with E-state index in [2.05, 4.69) is 0 Å². The maximum Gasteiger partial charge on any atom is 0.331 e. The minimum atomic E-state index is -0.682. The Labute approximate surface area is 106 Å². The van der Waals surface area contributed by atoms with Gasteiger partial charge in [0.15, 0.2) is 6.04 Å². The van der Waals surface area contributed by atoms with Crippen molar-refractivity contribution in [1.82, 2.24) is 4.90 Å². The van der Waals surface area contributed by atoms with E-state index in [4.69, 9.17) is 15.2 Å². The highest BCUT2D eigenvalue weighted by atomic mass is 16.5. The number of morpholine rings is 1. The summed E-state index contributed by atoms with van der Waals surface area (Å²) >= 11 is 0. The molecule has 6 heteroatoms. The maximum absolute atomic E-state index is 12.3. The summed E-state index contributed by atoms with van der Waals surface area (Å²) < 4.78 is 10.1. The van der Waals surface area contributed by atoms with Gasteiger partial charge in [0.2, 0.25) is 5.91 Å². The largest absolute Gasteiger partial charge is 0.467 e. The number of methoxy groups -OCH3 is 1. The summed E-state index contributed by atoms with van der Waals surface area (Å²) in [6, 6.07) is -1.42. The number of carbonyl (C=O) groups excluding carboxylic acids is 2. The first-order valence-corrected chi connectivity index (χ1v) is 6.03. The van der Waals surface area contributed by atoms with Crippen molar-refractivity contribution in [1.29, 1.82) is 0 Å². The molecular formula is C12H18N2O4. The molecule has 2 rings (SSSR count). The Morgan fingerprint density at radius 2 is 2.17 bits per heavy atom. The molecule has 0 aromatic rings. The van der Waals surface area contributed by atoms with Crippen LogP contribution in [0.2, 0.25) is 0 Å². The molecule has 0 aliphatic carbocycles. The number of hydrogen-bond donors (Lipinski definition) is 1. The van der Waals surface area contributed by atoms with Gasteiger partial charge in [-0.15, -0.1) is 0 Å². The summed E-state index contributed by atoms with van der Waals surface area (Å²) in [4.78, 5) is 25.5. The normalized spacial score (nSPS) is 34.2. The molecule has 6 nitrogen and oxygen atoms in total. The standard InChI is InChI=1S/C12H18N2O4/c1-17-12(16)10-7-18-6-8-4-2-3-5-9(13)11(15)14(8)10/h2-3,8-10H,4-7,13H2,1H3/b3-2-/t8-,9-,10-/m0/s1. The second-order valence-corrected chi connectivity index (χ2v) is 4.53. The van der Waals surface area contributed by atoms with Crippen LogP contribution in [0, 0.1) is 0 Å². The van der Waals surface area contributed by atoms with E-state index in [0.717, 1.165) is 0 Å². The molecule has 0 bridgehead atoms. The summed E-state index contributed by atoms with van der Waals surface area (Å²) in [6.45, 7) is 0.599. The van der Waals surface area contributed by atoms with Crippen LogP contribution in [0.25, 0.3) is 0 Å². The first kappa shape index (κ1) is 13.0. The Hall–Kier alpha value is -1.40. The van der Waals surface area contributed by atoms with Crippen LogP contribution in [0.5, 0.6) is 0 Å². The molecule has 1 saturated heterocycles. The van der Waals surface area contributed by atoms with Crippen molar-refractivity contribution >= 4 is 11.9 Å². The molecule has 0 aromatic heterocycles. The van der Waals surface area contributed by atoms with E-state index in [1.165, 1.54) is 7.11 Å². The van der Waals surface area contributed by atoms with Crippen molar-refractivity contribution in [2.24, 2.45) is 5.73 Å². The molecule has 100 valence electrons. The number of carbonyl (C=O) groups is 2. The van der Waals surface area contributed by atoms with Crippen LogP contribution in [0.4, 0.5) is 0 Å². The van der Waals surface area contributed by atoms with Crippen LogP contribution in [0.3, 0.4) is 0 Å². The first-order chi connectivity index (χ1) is 8.65. The Bertz CT molecular complexity index is 369. The lowest BCUT2D eigenvalue weighted by Gasteiger charge is -2.41. The Kier molecular flexibility index (Phi) is 3.98. The van der Waals surface area contributed by atoms with Gasteiger partial charge in [-0.3, -0.25) is 4.79 Å². The van der Waals surface area contributed by atoms with Gasteiger partial charge >= 0.3 is 5.97 Å². The van der Waals surface area contributed by atoms with E-state index in [0.29, 0.717) is 19.4 Å². The fourth-order valence-electron chi connectivity index (χ4n) is 2.35. The highest BCUT2D eigenvalue weighted by molar-refractivity contribution is 5.88. The number of hydrogen-bond acceptors (Lipinski definition) is 5. The molecule has 0 spiro atoms. The second kappa shape index (κ2) is 5.49. The van der Waals surface area contributed by atoms with Gasteiger partial charge in [-0.05, 0) is 12.8 Å². The van der Waals surface area contributed by atoms with Crippen molar-refractivity contribution in [3.05, 3.63) is 12.2 Å². The summed E-state index contributed by atoms with van der Waals surface area (Å²) in [5, 5.41) is 0. The van der Waals surface area contributed by atoms with E-state index in [1.807, 2.05) is 12.2 Å². The Morgan fingerprint density at radius 1 is 1.44 bits per heavy atom. The molecule has 2 aliphatic rings. The highest BCUT2D eigenvalue weighted by Gasteiger charge is 2.41. The SMILES string of the molecule is COC(=O)[C@@H]1COC[C@@H]2C/C=C\C[C@H](N)C(=O)N21. The fraction of sp³-hybridized carbons (Fsp3) is 0.667. The second-order valence-electron chi connectivity index (χ2n) is 4.53. The minimum absolute atomic E-state index is 0.141. The van der Waals surface area contributed by atoms with Gasteiger partial charge in [0, 0.05) is 0 Å². The zero-order valence-corrected chi connectivity index (χ0v) is 10.4. The molecule has 0 radical (unpaired) electrons. The molecule has 2 aliphatic heterocycles. The van der Waals surface area contributed by atoms with E-state index in [1.54, 1.807) is 4.90 Å². The smallest absolute Gasteiger partial charge is 0.331 e. The topological polar surface area (TPSA) is 81.9 Å². The highest BCUT2D eigenvalue weighted by Crippen LogP contribution is 2.21. The molecule has 3 atom stereocenters. The maximum atomic E-state index is 12.3. The third-order valence-corrected chi connectivity index (χ3v) is 3.32. The summed E-state index contributed by atoms with van der Waals surface area (Å²) in [5.41, 5.74) is 5.82. The van der Waals surface area contributed by atoms with E-state index >= 15 is 0 Å². The zero-order valence-electron chi connectivity index (χ0n) is 10.4. The number of esters is 1. The zero-order chi connectivity index (χ0) is 13.1. The van der Waals surface area contributed by atoms with Crippen molar-refractivity contribution in [3.63, 3.8) is 0 Å². The summed E-state index contributed by atoms with van der Waals surface area (Å²) in [5.74, 6) is -0.659. The van der Waals surface area contributed by atoms with Crippen molar-refractivity contribution in [2.45, 2.75) is 31.0 Å². The molecular weight excluding hydrogens is 236 g/mol. The van der Waals surface area contributed by atoms with Crippen LogP contribution in [-0.2, 0) is 19.1 Å². The van der Waals surface area contributed by atoms with Gasteiger partial charge in [-0.1, -0.05) is 12.2 Å². The van der Waals surface area contributed by atoms with E-state index in [-0.39, 0.29) is 18.6 Å². The average molecular weight is 254 g/mol. The first-order valence-electron chi connectivity index (χ1n) is 6.03. The third-order valence-electron chi connectivity index (χ3n) is 3.32. The number of ether oxygens (including phenoxy) is 2. The summed E-state index contributed by atoms with van der Waals surface area (Å²) in [7, 11) is 1.31. The van der Waals surface area contributed by atoms with Crippen molar-refractivity contribution in [2.75, 3.05) is 20.3 Å². The van der Waals surface area contributed by atoms with Crippen molar-refractivity contribution in [3.8, 4) is 0 Å². The third kappa shape index (κ3) is 2.39. The molecule has 18 heavy (non-hydrogen) atoms. The predicted octanol–water partition coefficient (Wildman–Crippen LogP) is -0.567. The van der Waals surface area contributed by atoms with Crippen LogP contribution in [-0.4, -0.2) is 55.2 Å². The van der Waals surface area contributed by atoms with Gasteiger partial charge in [0.05, 0.1) is 32.4 Å². The molecule has 1 fully saturated rings. The molecule has 0 aromatic carbocycles. The lowest BCUT2D eigenvalue weighted by Crippen LogP contribution is -2.61. The molecule has 2 heterocycles.